The molecule has 0 fully saturated rings. The second-order valence-electron chi connectivity index (χ2n) is 6.53. The molecule has 0 saturated carbocycles. The minimum absolute atomic E-state index is 0.307. The van der Waals surface area contributed by atoms with E-state index in [2.05, 4.69) is 95.9 Å². The van der Waals surface area contributed by atoms with E-state index in [4.69, 9.17) is 4.99 Å². The van der Waals surface area contributed by atoms with E-state index in [1.165, 1.54) is 16.7 Å². The van der Waals surface area contributed by atoms with Crippen molar-refractivity contribution in [2.45, 2.75) is 19.0 Å². The number of nitrogens with zero attached hydrogens (tertiary/aromatic N) is 2. The van der Waals surface area contributed by atoms with Crippen LogP contribution in [-0.4, -0.2) is 23.3 Å². The number of hydrogen-bond donors (Lipinski definition) is 0. The molecule has 0 bridgehead atoms. The van der Waals surface area contributed by atoms with Crippen molar-refractivity contribution >= 4 is 5.84 Å². The lowest BCUT2D eigenvalue weighted by Crippen LogP contribution is -2.30. The van der Waals surface area contributed by atoms with Gasteiger partial charge in [0.15, 0.2) is 0 Å². The first-order valence-corrected chi connectivity index (χ1v) is 8.84. The molecule has 0 radical (unpaired) electrons. The van der Waals surface area contributed by atoms with Crippen molar-refractivity contribution in [3.63, 3.8) is 0 Å². The Morgan fingerprint density at radius 2 is 1.28 bits per heavy atom. The molecule has 3 aromatic carbocycles. The van der Waals surface area contributed by atoms with Gasteiger partial charge in [-0.05, 0) is 17.5 Å². The van der Waals surface area contributed by atoms with Crippen LogP contribution in [0.4, 0.5) is 0 Å². The summed E-state index contributed by atoms with van der Waals surface area (Å²) in [5, 5.41) is 0. The van der Waals surface area contributed by atoms with Crippen molar-refractivity contribution in [1.29, 1.82) is 0 Å². The Hall–Kier alpha value is -2.87. The van der Waals surface area contributed by atoms with Gasteiger partial charge in [0.2, 0.25) is 0 Å². The maximum atomic E-state index is 5.07. The van der Waals surface area contributed by atoms with E-state index in [0.717, 1.165) is 25.3 Å². The first-order chi connectivity index (χ1) is 12.4. The van der Waals surface area contributed by atoms with E-state index in [1.54, 1.807) is 0 Å². The minimum atomic E-state index is 0.307. The summed E-state index contributed by atoms with van der Waals surface area (Å²) in [6, 6.07) is 32.2. The molecule has 2 heteroatoms. The van der Waals surface area contributed by atoms with Crippen LogP contribution in [0.15, 0.2) is 96.0 Å². The Bertz CT molecular complexity index is 826. The van der Waals surface area contributed by atoms with Crippen LogP contribution in [0.25, 0.3) is 0 Å². The lowest BCUT2D eigenvalue weighted by Gasteiger charge is -2.21. The molecule has 1 aliphatic heterocycles. The van der Waals surface area contributed by atoms with Crippen LogP contribution >= 0.6 is 0 Å². The summed E-state index contributed by atoms with van der Waals surface area (Å²) in [4.78, 5) is 7.49. The summed E-state index contributed by atoms with van der Waals surface area (Å²) in [6.45, 7) is 1.87. The highest BCUT2D eigenvalue weighted by Crippen LogP contribution is 2.21. The van der Waals surface area contributed by atoms with Crippen LogP contribution in [0.1, 0.15) is 16.7 Å². The third-order valence-electron chi connectivity index (χ3n) is 4.60. The van der Waals surface area contributed by atoms with Crippen molar-refractivity contribution in [1.82, 2.24) is 4.90 Å². The summed E-state index contributed by atoms with van der Waals surface area (Å²) < 4.78 is 0. The van der Waals surface area contributed by atoms with Crippen LogP contribution in [0.5, 0.6) is 0 Å². The highest BCUT2D eigenvalue weighted by Gasteiger charge is 2.26. The molecular weight excluding hydrogens is 304 g/mol. The lowest BCUT2D eigenvalue weighted by molar-refractivity contribution is 0.417. The Balaban J connectivity index is 1.58. The second-order valence-corrected chi connectivity index (χ2v) is 6.53. The molecule has 4 rings (SSSR count). The normalized spacial score (nSPS) is 16.7. The zero-order valence-electron chi connectivity index (χ0n) is 14.3. The molecule has 3 aromatic rings. The SMILES string of the molecule is c1ccc(CC2CN(Cc3ccccc3)C(c3ccccc3)=N2)cc1. The summed E-state index contributed by atoms with van der Waals surface area (Å²) in [5.41, 5.74) is 3.88. The van der Waals surface area contributed by atoms with Gasteiger partial charge in [-0.3, -0.25) is 4.99 Å². The van der Waals surface area contributed by atoms with Gasteiger partial charge in [0.25, 0.3) is 0 Å². The zero-order chi connectivity index (χ0) is 16.9. The molecule has 0 aromatic heterocycles. The largest absolute Gasteiger partial charge is 0.350 e. The molecule has 124 valence electrons. The van der Waals surface area contributed by atoms with Gasteiger partial charge in [0, 0.05) is 18.7 Å². The van der Waals surface area contributed by atoms with Crippen molar-refractivity contribution in [3.8, 4) is 0 Å². The van der Waals surface area contributed by atoms with Gasteiger partial charge in [0.1, 0.15) is 5.84 Å². The summed E-state index contributed by atoms with van der Waals surface area (Å²) in [6.07, 6.45) is 0.989. The Labute approximate surface area is 149 Å². The Morgan fingerprint density at radius 3 is 1.92 bits per heavy atom. The molecule has 1 aliphatic rings. The van der Waals surface area contributed by atoms with E-state index in [-0.39, 0.29) is 0 Å². The number of benzene rings is 3. The molecule has 0 amide bonds. The van der Waals surface area contributed by atoms with Crippen LogP contribution in [0, 0.1) is 0 Å². The van der Waals surface area contributed by atoms with Gasteiger partial charge in [0.05, 0.1) is 6.04 Å². The third-order valence-corrected chi connectivity index (χ3v) is 4.60. The zero-order valence-corrected chi connectivity index (χ0v) is 14.3. The molecule has 0 N–H and O–H groups in total. The van der Waals surface area contributed by atoms with Crippen LogP contribution in [0.3, 0.4) is 0 Å². The summed E-state index contributed by atoms with van der Waals surface area (Å²) >= 11 is 0. The smallest absolute Gasteiger partial charge is 0.131 e. The molecule has 1 heterocycles. The molecule has 2 nitrogen and oxygen atoms in total. The molecular formula is C23H22N2. The van der Waals surface area contributed by atoms with Gasteiger partial charge >= 0.3 is 0 Å². The van der Waals surface area contributed by atoms with Gasteiger partial charge in [-0.15, -0.1) is 0 Å². The highest BCUT2D eigenvalue weighted by molar-refractivity contribution is 6.00. The van der Waals surface area contributed by atoms with Crippen molar-refractivity contribution < 1.29 is 0 Å². The first kappa shape index (κ1) is 15.6. The molecule has 25 heavy (non-hydrogen) atoms. The molecule has 0 aliphatic carbocycles. The van der Waals surface area contributed by atoms with Crippen molar-refractivity contribution in [3.05, 3.63) is 108 Å². The lowest BCUT2D eigenvalue weighted by atomic mass is 10.1. The molecule has 0 spiro atoms. The number of aliphatic imine (C=N–C) groups is 1. The Kier molecular flexibility index (Phi) is 4.60. The first-order valence-electron chi connectivity index (χ1n) is 8.84. The van der Waals surface area contributed by atoms with E-state index in [1.807, 2.05) is 0 Å². The van der Waals surface area contributed by atoms with Crippen LogP contribution in [0.2, 0.25) is 0 Å². The monoisotopic (exact) mass is 326 g/mol. The van der Waals surface area contributed by atoms with Crippen LogP contribution < -0.4 is 0 Å². The number of amidine groups is 1. The topological polar surface area (TPSA) is 15.6 Å². The van der Waals surface area contributed by atoms with E-state index in [9.17, 15) is 0 Å². The van der Waals surface area contributed by atoms with Crippen LogP contribution in [-0.2, 0) is 13.0 Å². The van der Waals surface area contributed by atoms with Crippen molar-refractivity contribution in [2.75, 3.05) is 6.54 Å². The third kappa shape index (κ3) is 3.80. The Morgan fingerprint density at radius 1 is 0.720 bits per heavy atom. The molecule has 0 saturated heterocycles. The quantitative estimate of drug-likeness (QED) is 0.671. The summed E-state index contributed by atoms with van der Waals surface area (Å²) in [5.74, 6) is 1.12. The fraction of sp³-hybridized carbons (Fsp3) is 0.174. The number of rotatable bonds is 5. The predicted molar refractivity (Wildman–Crippen MR) is 104 cm³/mol. The van der Waals surface area contributed by atoms with Gasteiger partial charge in [-0.1, -0.05) is 91.0 Å². The highest BCUT2D eigenvalue weighted by atomic mass is 15.3. The average molecular weight is 326 g/mol. The average Bonchev–Trinajstić information content (AvgIpc) is 3.06. The van der Waals surface area contributed by atoms with Gasteiger partial charge < -0.3 is 4.90 Å². The van der Waals surface area contributed by atoms with E-state index >= 15 is 0 Å². The fourth-order valence-corrected chi connectivity index (χ4v) is 3.42. The maximum Gasteiger partial charge on any atom is 0.131 e. The van der Waals surface area contributed by atoms with Gasteiger partial charge in [-0.2, -0.15) is 0 Å². The second kappa shape index (κ2) is 7.35. The van der Waals surface area contributed by atoms with Crippen molar-refractivity contribution in [2.24, 2.45) is 4.99 Å². The minimum Gasteiger partial charge on any atom is -0.350 e. The number of hydrogen-bond acceptors (Lipinski definition) is 2. The standard InChI is InChI=1S/C23H22N2/c1-4-10-19(11-5-1)16-22-18-25(17-20-12-6-2-7-13-20)23(24-22)21-14-8-3-9-15-21/h1-15,22H,16-18H2. The molecule has 1 unspecified atom stereocenters. The van der Waals surface area contributed by atoms with E-state index in [0.29, 0.717) is 6.04 Å². The molecule has 1 atom stereocenters. The fourth-order valence-electron chi connectivity index (χ4n) is 3.42. The summed E-state index contributed by atoms with van der Waals surface area (Å²) in [7, 11) is 0. The van der Waals surface area contributed by atoms with E-state index < -0.39 is 0 Å². The predicted octanol–water partition coefficient (Wildman–Crippen LogP) is 4.56. The van der Waals surface area contributed by atoms with Gasteiger partial charge in [-0.25, -0.2) is 0 Å². The maximum absolute atomic E-state index is 5.07.